The Morgan fingerprint density at radius 1 is 1.31 bits per heavy atom. The summed E-state index contributed by atoms with van der Waals surface area (Å²) in [5.41, 5.74) is 3.18. The predicted molar refractivity (Wildman–Crippen MR) is 65.2 cm³/mol. The lowest BCUT2D eigenvalue weighted by atomic mass is 9.85. The number of nitrogens with zero attached hydrogens (tertiary/aromatic N) is 1. The van der Waals surface area contributed by atoms with Crippen molar-refractivity contribution in [1.29, 1.82) is 0 Å². The second-order valence-corrected chi connectivity index (χ2v) is 4.63. The van der Waals surface area contributed by atoms with Crippen LogP contribution in [0.3, 0.4) is 0 Å². The molecule has 0 amide bonds. The number of nitrogens with one attached hydrogen (secondary N) is 1. The van der Waals surface area contributed by atoms with E-state index in [1.807, 2.05) is 31.3 Å². The van der Waals surface area contributed by atoms with E-state index < -0.39 is 5.60 Å². The molecule has 1 fully saturated rings. The zero-order chi connectivity index (χ0) is 11.6. The second-order valence-electron chi connectivity index (χ2n) is 4.22. The van der Waals surface area contributed by atoms with Gasteiger partial charge < -0.3 is 5.11 Å². The molecular weight excluding hydrogens is 224 g/mol. The topological polar surface area (TPSA) is 35.5 Å². The number of rotatable bonds is 2. The molecule has 2 N–H and O–H groups in total. The van der Waals surface area contributed by atoms with Crippen molar-refractivity contribution in [2.75, 3.05) is 20.1 Å². The Bertz CT molecular complexity index is 362. The van der Waals surface area contributed by atoms with Crippen LogP contribution in [0.2, 0.25) is 5.02 Å². The average Bonchev–Trinajstić information content (AvgIpc) is 2.30. The summed E-state index contributed by atoms with van der Waals surface area (Å²) in [6.07, 6.45) is 1.41. The zero-order valence-electron chi connectivity index (χ0n) is 9.41. The fraction of sp³-hybridized carbons (Fsp3) is 0.500. The van der Waals surface area contributed by atoms with Crippen LogP contribution in [0.1, 0.15) is 18.4 Å². The third-order valence-electron chi connectivity index (χ3n) is 3.28. The lowest BCUT2D eigenvalue weighted by Crippen LogP contribution is -2.47. The lowest BCUT2D eigenvalue weighted by molar-refractivity contribution is -0.0359. The molecule has 0 saturated carbocycles. The predicted octanol–water partition coefficient (Wildman–Crippen LogP) is 1.76. The van der Waals surface area contributed by atoms with Crippen molar-refractivity contribution in [3.8, 4) is 0 Å². The van der Waals surface area contributed by atoms with Gasteiger partial charge in [-0.3, -0.25) is 5.43 Å². The monoisotopic (exact) mass is 240 g/mol. The van der Waals surface area contributed by atoms with Crippen LogP contribution in [0.5, 0.6) is 0 Å². The van der Waals surface area contributed by atoms with E-state index in [0.717, 1.165) is 18.7 Å². The number of hydrogen-bond acceptors (Lipinski definition) is 3. The Kier molecular flexibility index (Phi) is 3.50. The van der Waals surface area contributed by atoms with Gasteiger partial charge in [0.2, 0.25) is 0 Å². The first-order chi connectivity index (χ1) is 7.65. The van der Waals surface area contributed by atoms with E-state index in [0.29, 0.717) is 17.9 Å². The quantitative estimate of drug-likeness (QED) is 0.827. The first kappa shape index (κ1) is 11.9. The van der Waals surface area contributed by atoms with Crippen LogP contribution < -0.4 is 5.43 Å². The molecule has 1 aliphatic rings. The summed E-state index contributed by atoms with van der Waals surface area (Å²) >= 11 is 6.13. The summed E-state index contributed by atoms with van der Waals surface area (Å²) in [7, 11) is 1.90. The van der Waals surface area contributed by atoms with Gasteiger partial charge in [0.1, 0.15) is 0 Å². The summed E-state index contributed by atoms with van der Waals surface area (Å²) in [4.78, 5) is 0. The van der Waals surface area contributed by atoms with Gasteiger partial charge in [0, 0.05) is 23.7 Å². The van der Waals surface area contributed by atoms with E-state index >= 15 is 0 Å². The summed E-state index contributed by atoms with van der Waals surface area (Å²) in [5.74, 6) is 0. The Labute approximate surface area is 101 Å². The number of piperidine rings is 1. The standard InChI is InChI=1S/C12H17ClN2O/c1-14-15-8-6-12(16,7-9-15)10-4-2-3-5-11(10)13/h2-5,14,16H,6-9H2,1H3. The molecule has 16 heavy (non-hydrogen) atoms. The van der Waals surface area contributed by atoms with Crippen molar-refractivity contribution in [3.63, 3.8) is 0 Å². The Morgan fingerprint density at radius 2 is 1.94 bits per heavy atom. The fourth-order valence-electron chi connectivity index (χ4n) is 2.21. The highest BCUT2D eigenvalue weighted by Gasteiger charge is 2.34. The molecule has 0 spiro atoms. The summed E-state index contributed by atoms with van der Waals surface area (Å²) < 4.78 is 0. The number of aliphatic hydroxyl groups is 1. The van der Waals surface area contributed by atoms with Crippen LogP contribution in [0, 0.1) is 0 Å². The third kappa shape index (κ3) is 2.23. The van der Waals surface area contributed by atoms with E-state index in [1.54, 1.807) is 0 Å². The Hall–Kier alpha value is -0.610. The van der Waals surface area contributed by atoms with Gasteiger partial charge >= 0.3 is 0 Å². The van der Waals surface area contributed by atoms with Gasteiger partial charge in [0.05, 0.1) is 5.60 Å². The van der Waals surface area contributed by atoms with Gasteiger partial charge in [-0.25, -0.2) is 5.01 Å². The first-order valence-electron chi connectivity index (χ1n) is 5.55. The highest BCUT2D eigenvalue weighted by molar-refractivity contribution is 6.31. The van der Waals surface area contributed by atoms with Crippen molar-refractivity contribution in [2.45, 2.75) is 18.4 Å². The van der Waals surface area contributed by atoms with Crippen LogP contribution in [0.4, 0.5) is 0 Å². The maximum absolute atomic E-state index is 10.6. The molecule has 1 aromatic carbocycles. The molecule has 1 aromatic rings. The van der Waals surface area contributed by atoms with E-state index in [9.17, 15) is 5.11 Å². The number of benzene rings is 1. The van der Waals surface area contributed by atoms with E-state index in [1.165, 1.54) is 0 Å². The van der Waals surface area contributed by atoms with Crippen LogP contribution in [0.15, 0.2) is 24.3 Å². The van der Waals surface area contributed by atoms with Gasteiger partial charge in [0.15, 0.2) is 0 Å². The largest absolute Gasteiger partial charge is 0.385 e. The van der Waals surface area contributed by atoms with Crippen molar-refractivity contribution >= 4 is 11.6 Å². The van der Waals surface area contributed by atoms with Crippen molar-refractivity contribution in [3.05, 3.63) is 34.9 Å². The first-order valence-corrected chi connectivity index (χ1v) is 5.93. The Morgan fingerprint density at radius 3 is 2.50 bits per heavy atom. The number of halogens is 1. The van der Waals surface area contributed by atoms with E-state index in [4.69, 9.17) is 11.6 Å². The molecule has 0 unspecified atom stereocenters. The van der Waals surface area contributed by atoms with Gasteiger partial charge in [-0.1, -0.05) is 29.8 Å². The maximum atomic E-state index is 10.6. The minimum Gasteiger partial charge on any atom is -0.385 e. The van der Waals surface area contributed by atoms with Gasteiger partial charge in [-0.2, -0.15) is 0 Å². The highest BCUT2D eigenvalue weighted by atomic mass is 35.5. The maximum Gasteiger partial charge on any atom is 0.0936 e. The molecule has 0 radical (unpaired) electrons. The highest BCUT2D eigenvalue weighted by Crippen LogP contribution is 2.36. The second kappa shape index (κ2) is 4.72. The molecule has 3 nitrogen and oxygen atoms in total. The zero-order valence-corrected chi connectivity index (χ0v) is 10.2. The molecule has 0 aromatic heterocycles. The van der Waals surface area contributed by atoms with Crippen LogP contribution in [0.25, 0.3) is 0 Å². The van der Waals surface area contributed by atoms with Gasteiger partial charge in [0.25, 0.3) is 0 Å². The molecular formula is C12H17ClN2O. The number of hydrogen-bond donors (Lipinski definition) is 2. The molecule has 2 rings (SSSR count). The van der Waals surface area contributed by atoms with E-state index in [2.05, 4.69) is 10.4 Å². The molecule has 4 heteroatoms. The van der Waals surface area contributed by atoms with Crippen molar-refractivity contribution < 1.29 is 5.11 Å². The van der Waals surface area contributed by atoms with Crippen LogP contribution >= 0.6 is 11.6 Å². The molecule has 1 saturated heterocycles. The summed E-state index contributed by atoms with van der Waals surface area (Å²) in [5, 5.41) is 13.4. The molecule has 0 aliphatic carbocycles. The summed E-state index contributed by atoms with van der Waals surface area (Å²) in [6, 6.07) is 7.55. The average molecular weight is 241 g/mol. The van der Waals surface area contributed by atoms with Gasteiger partial charge in [-0.15, -0.1) is 0 Å². The molecule has 88 valence electrons. The Balaban J connectivity index is 2.18. The minimum atomic E-state index is -0.772. The van der Waals surface area contributed by atoms with E-state index in [-0.39, 0.29) is 0 Å². The third-order valence-corrected chi connectivity index (χ3v) is 3.61. The van der Waals surface area contributed by atoms with Crippen LogP contribution in [-0.4, -0.2) is 30.3 Å². The summed E-state index contributed by atoms with van der Waals surface area (Å²) in [6.45, 7) is 1.66. The smallest absolute Gasteiger partial charge is 0.0936 e. The lowest BCUT2D eigenvalue weighted by Gasteiger charge is -2.38. The fourth-order valence-corrected chi connectivity index (χ4v) is 2.52. The molecule has 1 aliphatic heterocycles. The number of hydrazine groups is 1. The minimum absolute atomic E-state index is 0.655. The molecule has 1 heterocycles. The molecule has 0 atom stereocenters. The SMILES string of the molecule is CNN1CCC(O)(c2ccccc2Cl)CC1. The van der Waals surface area contributed by atoms with Crippen LogP contribution in [-0.2, 0) is 5.60 Å². The van der Waals surface area contributed by atoms with Gasteiger partial charge in [-0.05, 0) is 26.0 Å². The normalized spacial score (nSPS) is 20.9. The van der Waals surface area contributed by atoms with Crippen molar-refractivity contribution in [2.24, 2.45) is 0 Å². The molecule has 0 bridgehead atoms. The van der Waals surface area contributed by atoms with Crippen molar-refractivity contribution in [1.82, 2.24) is 10.4 Å².